The number of carboxylic acid groups (broad SMARTS) is 1. The molecule has 0 bridgehead atoms. The van der Waals surface area contributed by atoms with Crippen molar-refractivity contribution in [1.29, 1.82) is 0 Å². The Hall–Kier alpha value is -1.39. The molecule has 0 aliphatic rings. The van der Waals surface area contributed by atoms with E-state index in [0.717, 1.165) is 13.0 Å². The van der Waals surface area contributed by atoms with Crippen LogP contribution in [0.1, 0.15) is 57.4 Å². The van der Waals surface area contributed by atoms with Crippen molar-refractivity contribution in [3.05, 3.63) is 29.8 Å². The van der Waals surface area contributed by atoms with Gasteiger partial charge in [-0.05, 0) is 30.5 Å². The molecule has 0 atom stereocenters. The molecule has 25 heavy (non-hydrogen) atoms. The van der Waals surface area contributed by atoms with Gasteiger partial charge in [-0.25, -0.2) is 4.79 Å². The lowest BCUT2D eigenvalue weighted by Crippen LogP contribution is -2.43. The number of unbranched alkanes of at least 4 members (excludes halogenated alkanes) is 6. The van der Waals surface area contributed by atoms with Gasteiger partial charge in [0.2, 0.25) is 0 Å². The number of carboxylic acids is 1. The van der Waals surface area contributed by atoms with Crippen LogP contribution in [-0.4, -0.2) is 44.9 Å². The highest BCUT2D eigenvalue weighted by Crippen LogP contribution is 2.20. The molecule has 1 rings (SSSR count). The minimum Gasteiger partial charge on any atom is -0.480 e. The molecular weight excluding hydrogens is 314 g/mol. The van der Waals surface area contributed by atoms with E-state index in [4.69, 9.17) is 9.84 Å². The molecule has 1 N–H and O–H groups in total. The maximum absolute atomic E-state index is 10.5. The van der Waals surface area contributed by atoms with Gasteiger partial charge in [0.1, 0.15) is 18.8 Å². The molecule has 0 aliphatic carbocycles. The van der Waals surface area contributed by atoms with Crippen molar-refractivity contribution in [2.24, 2.45) is 0 Å². The third-order valence-electron chi connectivity index (χ3n) is 4.72. The fourth-order valence-corrected chi connectivity index (χ4v) is 2.93. The molecule has 1 aromatic rings. The molecule has 1 aromatic carbocycles. The fourth-order valence-electron chi connectivity index (χ4n) is 2.93. The lowest BCUT2D eigenvalue weighted by molar-refractivity contribution is -0.142. The minimum absolute atomic E-state index is 0.225. The number of ether oxygens (including phenoxy) is 1. The zero-order valence-electron chi connectivity index (χ0n) is 16.3. The summed E-state index contributed by atoms with van der Waals surface area (Å²) >= 11 is 0. The molecule has 0 radical (unpaired) electrons. The van der Waals surface area contributed by atoms with Gasteiger partial charge in [-0.1, -0.05) is 57.6 Å². The number of aryl methyl sites for hydroxylation is 1. The average molecular weight is 351 g/mol. The van der Waals surface area contributed by atoms with E-state index in [1.807, 2.05) is 0 Å². The summed E-state index contributed by atoms with van der Waals surface area (Å²) in [6, 6.07) is 8.83. The SMILES string of the molecule is CCCCCCCCCc1ccc([N+](C)(C)CCOCC(=O)O)cc1. The van der Waals surface area contributed by atoms with Crippen molar-refractivity contribution in [3.8, 4) is 0 Å². The van der Waals surface area contributed by atoms with Crippen LogP contribution in [-0.2, 0) is 16.0 Å². The van der Waals surface area contributed by atoms with Crippen molar-refractivity contribution in [1.82, 2.24) is 4.48 Å². The number of aliphatic carboxylic acids is 1. The van der Waals surface area contributed by atoms with Crippen LogP contribution >= 0.6 is 0 Å². The van der Waals surface area contributed by atoms with Crippen LogP contribution in [0.3, 0.4) is 0 Å². The fraction of sp³-hybridized carbons (Fsp3) is 0.667. The third kappa shape index (κ3) is 9.61. The number of nitrogens with zero attached hydrogens (tertiary/aromatic N) is 1. The van der Waals surface area contributed by atoms with Gasteiger partial charge in [0, 0.05) is 0 Å². The number of hydrogen-bond donors (Lipinski definition) is 1. The second-order valence-corrected chi connectivity index (χ2v) is 7.39. The number of hydrogen-bond acceptors (Lipinski definition) is 2. The summed E-state index contributed by atoms with van der Waals surface area (Å²) < 4.78 is 5.85. The van der Waals surface area contributed by atoms with Gasteiger partial charge in [-0.3, -0.25) is 4.48 Å². The zero-order chi connectivity index (χ0) is 18.5. The Kier molecular flexibility index (Phi) is 10.4. The Balaban J connectivity index is 2.30. The van der Waals surface area contributed by atoms with E-state index >= 15 is 0 Å². The van der Waals surface area contributed by atoms with E-state index in [0.29, 0.717) is 11.1 Å². The number of rotatable bonds is 14. The Morgan fingerprint density at radius 3 is 2.20 bits per heavy atom. The summed E-state index contributed by atoms with van der Waals surface area (Å²) in [5.41, 5.74) is 2.63. The first kappa shape index (κ1) is 21.7. The number of benzene rings is 1. The largest absolute Gasteiger partial charge is 0.480 e. The summed E-state index contributed by atoms with van der Waals surface area (Å²) in [6.07, 6.45) is 10.6. The predicted octanol–water partition coefficient (Wildman–Crippen LogP) is 4.65. The highest BCUT2D eigenvalue weighted by molar-refractivity contribution is 5.67. The molecular formula is C21H36NO3+. The van der Waals surface area contributed by atoms with E-state index in [2.05, 4.69) is 45.3 Å². The van der Waals surface area contributed by atoms with Crippen molar-refractivity contribution in [3.63, 3.8) is 0 Å². The van der Waals surface area contributed by atoms with Gasteiger partial charge in [-0.15, -0.1) is 0 Å². The average Bonchev–Trinajstić information content (AvgIpc) is 2.58. The molecule has 0 amide bonds. The molecule has 0 fully saturated rings. The lowest BCUT2D eigenvalue weighted by atomic mass is 10.0. The molecule has 0 heterocycles. The van der Waals surface area contributed by atoms with Gasteiger partial charge in [0.15, 0.2) is 0 Å². The molecule has 0 aliphatic heterocycles. The van der Waals surface area contributed by atoms with Crippen LogP contribution in [0.15, 0.2) is 24.3 Å². The predicted molar refractivity (Wildman–Crippen MR) is 105 cm³/mol. The quantitative estimate of drug-likeness (QED) is 0.392. The Morgan fingerprint density at radius 1 is 1.00 bits per heavy atom. The monoisotopic (exact) mass is 350 g/mol. The molecule has 0 saturated carbocycles. The Bertz CT molecular complexity index is 482. The summed E-state index contributed by atoms with van der Waals surface area (Å²) in [4.78, 5) is 10.5. The maximum Gasteiger partial charge on any atom is 0.329 e. The van der Waals surface area contributed by atoms with Crippen molar-refractivity contribution < 1.29 is 14.6 Å². The molecule has 0 spiro atoms. The second-order valence-electron chi connectivity index (χ2n) is 7.39. The van der Waals surface area contributed by atoms with Crippen molar-refractivity contribution in [2.75, 3.05) is 33.9 Å². The van der Waals surface area contributed by atoms with Crippen molar-refractivity contribution >= 4 is 11.7 Å². The van der Waals surface area contributed by atoms with Gasteiger partial charge < -0.3 is 9.84 Å². The standard InChI is InChI=1S/C21H35NO3/c1-4-5-6-7-8-9-10-11-19-12-14-20(15-13-19)22(2,3)16-17-25-18-21(23)24/h12-15H,4-11,16-18H2,1-3H3/p+1. The third-order valence-corrected chi connectivity index (χ3v) is 4.72. The Morgan fingerprint density at radius 2 is 1.60 bits per heavy atom. The van der Waals surface area contributed by atoms with E-state index in [1.165, 1.54) is 56.2 Å². The van der Waals surface area contributed by atoms with Gasteiger partial charge >= 0.3 is 5.97 Å². The summed E-state index contributed by atoms with van der Waals surface area (Å²) in [5.74, 6) is -0.917. The number of likely N-dealkylation sites (N-methyl/N-ethyl adjacent to an activating group) is 1. The van der Waals surface area contributed by atoms with E-state index < -0.39 is 5.97 Å². The van der Waals surface area contributed by atoms with Gasteiger partial charge in [0.25, 0.3) is 0 Å². The summed E-state index contributed by atoms with van der Waals surface area (Å²) in [6.45, 7) is 3.23. The summed E-state index contributed by atoms with van der Waals surface area (Å²) in [5, 5.41) is 8.60. The molecule has 4 nitrogen and oxygen atoms in total. The van der Waals surface area contributed by atoms with Gasteiger partial charge in [-0.2, -0.15) is 0 Å². The van der Waals surface area contributed by atoms with Crippen LogP contribution in [0.4, 0.5) is 5.69 Å². The van der Waals surface area contributed by atoms with Crippen LogP contribution in [0.2, 0.25) is 0 Å². The van der Waals surface area contributed by atoms with Crippen LogP contribution < -0.4 is 4.48 Å². The first-order valence-corrected chi connectivity index (χ1v) is 9.67. The van der Waals surface area contributed by atoms with E-state index in [-0.39, 0.29) is 6.61 Å². The smallest absolute Gasteiger partial charge is 0.329 e. The molecule has 142 valence electrons. The maximum atomic E-state index is 10.5. The molecule has 0 aromatic heterocycles. The molecule has 0 unspecified atom stereocenters. The number of quaternary nitrogens is 1. The van der Waals surface area contributed by atoms with Crippen LogP contribution in [0.25, 0.3) is 0 Å². The number of carbonyl (C=O) groups is 1. The van der Waals surface area contributed by atoms with Crippen LogP contribution in [0.5, 0.6) is 0 Å². The van der Waals surface area contributed by atoms with Gasteiger partial charge in [0.05, 0.1) is 20.7 Å². The van der Waals surface area contributed by atoms with Crippen molar-refractivity contribution in [2.45, 2.75) is 58.3 Å². The normalized spacial score (nSPS) is 11.6. The summed E-state index contributed by atoms with van der Waals surface area (Å²) in [7, 11) is 4.24. The zero-order valence-corrected chi connectivity index (χ0v) is 16.3. The first-order valence-electron chi connectivity index (χ1n) is 9.67. The lowest BCUT2D eigenvalue weighted by Gasteiger charge is -2.29. The van der Waals surface area contributed by atoms with E-state index in [9.17, 15) is 4.79 Å². The second kappa shape index (κ2) is 12.0. The highest BCUT2D eigenvalue weighted by atomic mass is 16.5. The highest BCUT2D eigenvalue weighted by Gasteiger charge is 2.18. The molecule has 0 saturated heterocycles. The topological polar surface area (TPSA) is 46.5 Å². The van der Waals surface area contributed by atoms with Crippen LogP contribution in [0, 0.1) is 0 Å². The first-order chi connectivity index (χ1) is 12.0. The van der Waals surface area contributed by atoms with E-state index in [1.54, 1.807) is 0 Å². The Labute approximate surface area is 153 Å². The molecule has 4 heteroatoms. The minimum atomic E-state index is -0.917.